The largest absolute Gasteiger partial charge is 0.457 e. The van der Waals surface area contributed by atoms with Crippen LogP contribution in [0.1, 0.15) is 25.0 Å². The van der Waals surface area contributed by atoms with Gasteiger partial charge in [-0.2, -0.15) is 0 Å². The van der Waals surface area contributed by atoms with Crippen molar-refractivity contribution < 1.29 is 27.6 Å². The first kappa shape index (κ1) is 20.3. The molecule has 3 amide bonds. The number of piperidine rings is 1. The van der Waals surface area contributed by atoms with E-state index >= 15 is 0 Å². The minimum Gasteiger partial charge on any atom is -0.457 e. The van der Waals surface area contributed by atoms with Gasteiger partial charge in [-0.15, -0.1) is 0 Å². The zero-order chi connectivity index (χ0) is 21.3. The molecule has 2 fully saturated rings. The second-order valence-electron chi connectivity index (χ2n) is 7.04. The molecule has 30 heavy (non-hydrogen) atoms. The first-order chi connectivity index (χ1) is 14.4. The van der Waals surface area contributed by atoms with Gasteiger partial charge in [0.1, 0.15) is 29.7 Å². The molecule has 2 saturated heterocycles. The standard InChI is InChI=1S/C21H18F2N2O4S/c22-13-4-6-15(16(23)10-13)17-7-5-14(29-17)11-18-20(27)25(21(28)30-18)12-19(26)24-8-2-1-3-9-24/h4-7,10-11H,1-3,8-9,12H2/b18-11+. The molecule has 0 unspecified atom stereocenters. The quantitative estimate of drug-likeness (QED) is 0.675. The van der Waals surface area contributed by atoms with E-state index in [-0.39, 0.29) is 34.4 Å². The smallest absolute Gasteiger partial charge is 0.294 e. The van der Waals surface area contributed by atoms with Gasteiger partial charge < -0.3 is 9.32 Å². The molecule has 6 nitrogen and oxygen atoms in total. The third-order valence-electron chi connectivity index (χ3n) is 4.97. The van der Waals surface area contributed by atoms with Crippen molar-refractivity contribution in [2.75, 3.05) is 19.6 Å². The molecular formula is C21H18F2N2O4S. The van der Waals surface area contributed by atoms with Crippen molar-refractivity contribution in [1.82, 2.24) is 9.80 Å². The van der Waals surface area contributed by atoms with E-state index in [1.807, 2.05) is 0 Å². The van der Waals surface area contributed by atoms with Crippen LogP contribution in [0, 0.1) is 11.6 Å². The first-order valence-electron chi connectivity index (χ1n) is 9.51. The maximum Gasteiger partial charge on any atom is 0.294 e. The zero-order valence-corrected chi connectivity index (χ0v) is 16.7. The number of rotatable bonds is 4. The Morgan fingerprint density at radius 3 is 2.60 bits per heavy atom. The van der Waals surface area contributed by atoms with Crippen molar-refractivity contribution >= 4 is 34.9 Å². The summed E-state index contributed by atoms with van der Waals surface area (Å²) < 4.78 is 32.5. The summed E-state index contributed by atoms with van der Waals surface area (Å²) in [7, 11) is 0. The summed E-state index contributed by atoms with van der Waals surface area (Å²) in [5.41, 5.74) is 0.0799. The lowest BCUT2D eigenvalue weighted by Gasteiger charge is -2.27. The van der Waals surface area contributed by atoms with Crippen LogP contribution in [-0.4, -0.2) is 46.5 Å². The molecular weight excluding hydrogens is 414 g/mol. The summed E-state index contributed by atoms with van der Waals surface area (Å²) in [6.45, 7) is 0.992. The average Bonchev–Trinajstić information content (AvgIpc) is 3.29. The first-order valence-corrected chi connectivity index (χ1v) is 10.3. The van der Waals surface area contributed by atoms with Crippen LogP contribution in [0.5, 0.6) is 0 Å². The van der Waals surface area contributed by atoms with Gasteiger partial charge in [0.2, 0.25) is 5.91 Å². The Hall–Kier alpha value is -2.94. The van der Waals surface area contributed by atoms with Crippen LogP contribution in [-0.2, 0) is 9.59 Å². The van der Waals surface area contributed by atoms with Gasteiger partial charge in [0.15, 0.2) is 0 Å². The molecule has 2 aliphatic rings. The van der Waals surface area contributed by atoms with E-state index in [1.54, 1.807) is 4.90 Å². The number of likely N-dealkylation sites (tertiary alicyclic amines) is 1. The molecule has 3 heterocycles. The van der Waals surface area contributed by atoms with Crippen LogP contribution < -0.4 is 0 Å². The predicted octanol–water partition coefficient (Wildman–Crippen LogP) is 4.27. The molecule has 0 N–H and O–H groups in total. The minimum atomic E-state index is -0.771. The lowest BCUT2D eigenvalue weighted by molar-refractivity contribution is -0.136. The number of hydrogen-bond donors (Lipinski definition) is 0. The van der Waals surface area contributed by atoms with Crippen molar-refractivity contribution in [1.29, 1.82) is 0 Å². The second kappa shape index (κ2) is 8.43. The van der Waals surface area contributed by atoms with Gasteiger partial charge in [-0.1, -0.05) is 0 Å². The number of amides is 3. The van der Waals surface area contributed by atoms with Gasteiger partial charge in [0, 0.05) is 25.2 Å². The summed E-state index contributed by atoms with van der Waals surface area (Å²) in [5, 5.41) is -0.520. The van der Waals surface area contributed by atoms with Crippen LogP contribution in [0.2, 0.25) is 0 Å². The molecule has 2 aliphatic heterocycles. The van der Waals surface area contributed by atoms with Crippen LogP contribution in [0.15, 0.2) is 39.7 Å². The predicted molar refractivity (Wildman–Crippen MR) is 107 cm³/mol. The highest BCUT2D eigenvalue weighted by Gasteiger charge is 2.37. The third kappa shape index (κ3) is 4.16. The number of carbonyl (C=O) groups is 3. The molecule has 0 spiro atoms. The number of hydrogen-bond acceptors (Lipinski definition) is 5. The molecule has 1 aromatic carbocycles. The van der Waals surface area contributed by atoms with Crippen LogP contribution in [0.25, 0.3) is 17.4 Å². The molecule has 4 rings (SSSR count). The Bertz CT molecular complexity index is 1040. The maximum atomic E-state index is 13.9. The minimum absolute atomic E-state index is 0.0799. The van der Waals surface area contributed by atoms with Gasteiger partial charge in [0.25, 0.3) is 11.1 Å². The van der Waals surface area contributed by atoms with Crippen molar-refractivity contribution in [3.63, 3.8) is 0 Å². The summed E-state index contributed by atoms with van der Waals surface area (Å²) in [6, 6.07) is 6.14. The van der Waals surface area contributed by atoms with E-state index < -0.39 is 22.8 Å². The normalized spacial score (nSPS) is 18.5. The maximum absolute atomic E-state index is 13.9. The van der Waals surface area contributed by atoms with Crippen molar-refractivity contribution in [2.45, 2.75) is 19.3 Å². The highest BCUT2D eigenvalue weighted by molar-refractivity contribution is 8.18. The average molecular weight is 432 g/mol. The number of benzene rings is 1. The van der Waals surface area contributed by atoms with E-state index in [9.17, 15) is 23.2 Å². The van der Waals surface area contributed by atoms with Crippen molar-refractivity contribution in [2.24, 2.45) is 0 Å². The summed E-state index contributed by atoms with van der Waals surface area (Å²) in [6.07, 6.45) is 4.29. The third-order valence-corrected chi connectivity index (χ3v) is 5.88. The van der Waals surface area contributed by atoms with E-state index in [0.717, 1.165) is 48.1 Å². The number of furan rings is 1. The summed E-state index contributed by atoms with van der Waals surface area (Å²) >= 11 is 0.720. The Labute approximate surface area is 175 Å². The van der Waals surface area contributed by atoms with Gasteiger partial charge >= 0.3 is 0 Å². The SMILES string of the molecule is O=C(CN1C(=O)S/C(=C/c2ccc(-c3ccc(F)cc3F)o2)C1=O)N1CCCCC1. The van der Waals surface area contributed by atoms with Gasteiger partial charge in [-0.05, 0) is 55.3 Å². The van der Waals surface area contributed by atoms with Gasteiger partial charge in [0.05, 0.1) is 10.5 Å². The second-order valence-corrected chi connectivity index (χ2v) is 8.03. The molecule has 0 saturated carbocycles. The highest BCUT2D eigenvalue weighted by Crippen LogP contribution is 2.34. The number of thioether (sulfide) groups is 1. The summed E-state index contributed by atoms with van der Waals surface area (Å²) in [5.74, 6) is -1.88. The van der Waals surface area contributed by atoms with Crippen LogP contribution in [0.4, 0.5) is 13.6 Å². The Kier molecular flexibility index (Phi) is 5.72. The number of carbonyl (C=O) groups excluding carboxylic acids is 3. The topological polar surface area (TPSA) is 70.8 Å². The van der Waals surface area contributed by atoms with Crippen LogP contribution >= 0.6 is 11.8 Å². The fourth-order valence-corrected chi connectivity index (χ4v) is 4.23. The van der Waals surface area contributed by atoms with Crippen molar-refractivity contribution in [3.05, 3.63) is 52.6 Å². The molecule has 0 atom stereocenters. The van der Waals surface area contributed by atoms with E-state index in [2.05, 4.69) is 0 Å². The van der Waals surface area contributed by atoms with E-state index in [1.165, 1.54) is 24.3 Å². The lowest BCUT2D eigenvalue weighted by Crippen LogP contribution is -2.44. The van der Waals surface area contributed by atoms with Gasteiger partial charge in [-0.3, -0.25) is 19.3 Å². The zero-order valence-electron chi connectivity index (χ0n) is 15.9. The molecule has 2 aromatic rings. The van der Waals surface area contributed by atoms with Crippen LogP contribution in [0.3, 0.4) is 0 Å². The molecule has 1 aromatic heterocycles. The van der Waals surface area contributed by atoms with Gasteiger partial charge in [-0.25, -0.2) is 8.78 Å². The van der Waals surface area contributed by atoms with E-state index in [4.69, 9.17) is 4.42 Å². The number of imide groups is 1. The monoisotopic (exact) mass is 432 g/mol. The molecule has 9 heteroatoms. The Morgan fingerprint density at radius 1 is 1.10 bits per heavy atom. The van der Waals surface area contributed by atoms with E-state index in [0.29, 0.717) is 13.1 Å². The number of halogens is 2. The fraction of sp³-hybridized carbons (Fsp3) is 0.286. The Morgan fingerprint density at radius 2 is 1.87 bits per heavy atom. The lowest BCUT2D eigenvalue weighted by atomic mass is 10.1. The molecule has 0 aliphatic carbocycles. The molecule has 156 valence electrons. The summed E-state index contributed by atoms with van der Waals surface area (Å²) in [4.78, 5) is 40.0. The highest BCUT2D eigenvalue weighted by atomic mass is 32.2. The van der Waals surface area contributed by atoms with Crippen molar-refractivity contribution in [3.8, 4) is 11.3 Å². The fourth-order valence-electron chi connectivity index (χ4n) is 3.41. The molecule has 0 radical (unpaired) electrons. The molecule has 0 bridgehead atoms. The number of nitrogens with zero attached hydrogens (tertiary/aromatic N) is 2. The Balaban J connectivity index is 1.48.